The minimum Gasteiger partial charge on any atom is -0.497 e. The summed E-state index contributed by atoms with van der Waals surface area (Å²) < 4.78 is 5.16. The number of amides is 1. The molecule has 108 valence electrons. The summed E-state index contributed by atoms with van der Waals surface area (Å²) in [4.78, 5) is 12.0. The van der Waals surface area contributed by atoms with Gasteiger partial charge in [0.1, 0.15) is 5.75 Å². The van der Waals surface area contributed by atoms with Gasteiger partial charge in [0.25, 0.3) is 0 Å². The SMILES string of the molecule is COc1cccc(/C=C/C(=O)NC2CCCCC2C)c1. The number of rotatable bonds is 4. The Morgan fingerprint density at radius 1 is 1.35 bits per heavy atom. The molecule has 1 aromatic rings. The number of methoxy groups -OCH3 is 1. The fourth-order valence-electron chi connectivity index (χ4n) is 2.68. The highest BCUT2D eigenvalue weighted by Gasteiger charge is 2.21. The predicted octanol–water partition coefficient (Wildman–Crippen LogP) is 3.40. The minimum absolute atomic E-state index is 0.00781. The zero-order valence-corrected chi connectivity index (χ0v) is 12.3. The highest BCUT2D eigenvalue weighted by molar-refractivity contribution is 5.91. The van der Waals surface area contributed by atoms with Crippen molar-refractivity contribution in [2.24, 2.45) is 5.92 Å². The zero-order valence-electron chi connectivity index (χ0n) is 12.3. The van der Waals surface area contributed by atoms with Crippen LogP contribution in [0.4, 0.5) is 0 Å². The Hall–Kier alpha value is -1.77. The van der Waals surface area contributed by atoms with Gasteiger partial charge in [-0.25, -0.2) is 0 Å². The fourth-order valence-corrected chi connectivity index (χ4v) is 2.68. The van der Waals surface area contributed by atoms with Crippen LogP contribution in [0.5, 0.6) is 5.75 Å². The molecule has 0 aliphatic heterocycles. The van der Waals surface area contributed by atoms with E-state index in [1.807, 2.05) is 30.3 Å². The molecular formula is C17H23NO2. The van der Waals surface area contributed by atoms with Gasteiger partial charge in [-0.1, -0.05) is 31.9 Å². The van der Waals surface area contributed by atoms with E-state index >= 15 is 0 Å². The monoisotopic (exact) mass is 273 g/mol. The van der Waals surface area contributed by atoms with Gasteiger partial charge in [-0.2, -0.15) is 0 Å². The second-order valence-electron chi connectivity index (χ2n) is 5.49. The van der Waals surface area contributed by atoms with E-state index in [1.54, 1.807) is 13.2 Å². The van der Waals surface area contributed by atoms with Gasteiger partial charge in [-0.15, -0.1) is 0 Å². The number of carbonyl (C=O) groups excluding carboxylic acids is 1. The minimum atomic E-state index is -0.00781. The molecule has 0 heterocycles. The second-order valence-corrected chi connectivity index (χ2v) is 5.49. The van der Waals surface area contributed by atoms with Crippen LogP contribution in [0.1, 0.15) is 38.2 Å². The third-order valence-electron chi connectivity index (χ3n) is 3.96. The quantitative estimate of drug-likeness (QED) is 0.854. The number of nitrogens with one attached hydrogen (secondary N) is 1. The van der Waals surface area contributed by atoms with E-state index in [0.717, 1.165) is 17.7 Å². The summed E-state index contributed by atoms with van der Waals surface area (Å²) in [6.07, 6.45) is 8.24. The maximum Gasteiger partial charge on any atom is 0.244 e. The number of hydrogen-bond donors (Lipinski definition) is 1. The van der Waals surface area contributed by atoms with Gasteiger partial charge in [0.05, 0.1) is 7.11 Å². The van der Waals surface area contributed by atoms with E-state index in [-0.39, 0.29) is 5.91 Å². The Bertz CT molecular complexity index is 482. The summed E-state index contributed by atoms with van der Waals surface area (Å²) in [5.41, 5.74) is 0.969. The van der Waals surface area contributed by atoms with Gasteiger partial charge in [0.15, 0.2) is 0 Å². The first-order valence-corrected chi connectivity index (χ1v) is 7.31. The molecule has 2 atom stereocenters. The maximum absolute atomic E-state index is 12.0. The van der Waals surface area contributed by atoms with E-state index in [9.17, 15) is 4.79 Å². The van der Waals surface area contributed by atoms with Crippen LogP contribution < -0.4 is 10.1 Å². The zero-order chi connectivity index (χ0) is 14.4. The smallest absolute Gasteiger partial charge is 0.244 e. The Labute approximate surface area is 121 Å². The summed E-state index contributed by atoms with van der Waals surface area (Å²) in [5, 5.41) is 3.11. The summed E-state index contributed by atoms with van der Waals surface area (Å²) >= 11 is 0. The first kappa shape index (κ1) is 14.6. The molecule has 20 heavy (non-hydrogen) atoms. The fraction of sp³-hybridized carbons (Fsp3) is 0.471. The second kappa shape index (κ2) is 7.13. The lowest BCUT2D eigenvalue weighted by atomic mass is 9.86. The lowest BCUT2D eigenvalue weighted by molar-refractivity contribution is -0.117. The first-order chi connectivity index (χ1) is 9.69. The molecule has 2 rings (SSSR count). The summed E-state index contributed by atoms with van der Waals surface area (Å²) in [6, 6.07) is 8.00. The Kier molecular flexibility index (Phi) is 5.22. The van der Waals surface area contributed by atoms with Crippen molar-refractivity contribution >= 4 is 12.0 Å². The molecule has 0 saturated heterocycles. The van der Waals surface area contributed by atoms with Crippen molar-refractivity contribution in [1.82, 2.24) is 5.32 Å². The molecule has 3 nitrogen and oxygen atoms in total. The third-order valence-corrected chi connectivity index (χ3v) is 3.96. The molecule has 1 aromatic carbocycles. The molecule has 1 saturated carbocycles. The van der Waals surface area contributed by atoms with Crippen molar-refractivity contribution in [2.45, 2.75) is 38.6 Å². The van der Waals surface area contributed by atoms with Gasteiger partial charge in [-0.3, -0.25) is 4.79 Å². The van der Waals surface area contributed by atoms with Crippen LogP contribution in [0.3, 0.4) is 0 Å². The molecule has 1 amide bonds. The molecule has 2 unspecified atom stereocenters. The van der Waals surface area contributed by atoms with Crippen LogP contribution in [0.25, 0.3) is 6.08 Å². The largest absolute Gasteiger partial charge is 0.497 e. The standard InChI is InChI=1S/C17H23NO2/c1-13-6-3-4-9-16(13)18-17(19)11-10-14-7-5-8-15(12-14)20-2/h5,7-8,10-13,16H,3-4,6,9H2,1-2H3,(H,18,19)/b11-10+. The Morgan fingerprint density at radius 3 is 2.90 bits per heavy atom. The van der Waals surface area contributed by atoms with Crippen molar-refractivity contribution in [3.05, 3.63) is 35.9 Å². The van der Waals surface area contributed by atoms with Crippen LogP contribution in [-0.2, 0) is 4.79 Å². The molecule has 0 aromatic heterocycles. The Balaban J connectivity index is 1.91. The van der Waals surface area contributed by atoms with Crippen molar-refractivity contribution in [2.75, 3.05) is 7.11 Å². The highest BCUT2D eigenvalue weighted by Crippen LogP contribution is 2.23. The number of ether oxygens (including phenoxy) is 1. The van der Waals surface area contributed by atoms with Crippen LogP contribution in [0.15, 0.2) is 30.3 Å². The van der Waals surface area contributed by atoms with Crippen molar-refractivity contribution < 1.29 is 9.53 Å². The van der Waals surface area contributed by atoms with E-state index < -0.39 is 0 Å². The van der Waals surface area contributed by atoms with Crippen LogP contribution in [0, 0.1) is 5.92 Å². The molecule has 1 N–H and O–H groups in total. The van der Waals surface area contributed by atoms with Crippen molar-refractivity contribution in [3.63, 3.8) is 0 Å². The van der Waals surface area contributed by atoms with Gasteiger partial charge < -0.3 is 10.1 Å². The van der Waals surface area contributed by atoms with Crippen LogP contribution in [-0.4, -0.2) is 19.1 Å². The summed E-state index contributed by atoms with van der Waals surface area (Å²) in [5.74, 6) is 1.37. The van der Waals surface area contributed by atoms with E-state index in [0.29, 0.717) is 12.0 Å². The molecule has 3 heteroatoms. The van der Waals surface area contributed by atoms with Gasteiger partial charge in [0, 0.05) is 12.1 Å². The highest BCUT2D eigenvalue weighted by atomic mass is 16.5. The average molecular weight is 273 g/mol. The van der Waals surface area contributed by atoms with Gasteiger partial charge >= 0.3 is 0 Å². The first-order valence-electron chi connectivity index (χ1n) is 7.31. The van der Waals surface area contributed by atoms with E-state index in [2.05, 4.69) is 12.2 Å². The van der Waals surface area contributed by atoms with E-state index in [4.69, 9.17) is 4.74 Å². The van der Waals surface area contributed by atoms with Crippen LogP contribution in [0.2, 0.25) is 0 Å². The molecule has 1 fully saturated rings. The topological polar surface area (TPSA) is 38.3 Å². The molecule has 1 aliphatic rings. The third kappa shape index (κ3) is 4.12. The lowest BCUT2D eigenvalue weighted by Crippen LogP contribution is -2.40. The molecule has 0 bridgehead atoms. The summed E-state index contributed by atoms with van der Waals surface area (Å²) in [7, 11) is 1.64. The lowest BCUT2D eigenvalue weighted by Gasteiger charge is -2.29. The van der Waals surface area contributed by atoms with Crippen molar-refractivity contribution in [3.8, 4) is 5.75 Å². The van der Waals surface area contributed by atoms with Gasteiger partial charge in [0.2, 0.25) is 5.91 Å². The Morgan fingerprint density at radius 2 is 2.15 bits per heavy atom. The molecule has 0 radical (unpaired) electrons. The van der Waals surface area contributed by atoms with Gasteiger partial charge in [-0.05, 0) is 42.5 Å². The van der Waals surface area contributed by atoms with Crippen LogP contribution >= 0.6 is 0 Å². The summed E-state index contributed by atoms with van der Waals surface area (Å²) in [6.45, 7) is 2.22. The normalized spacial score (nSPS) is 22.7. The average Bonchev–Trinajstić information content (AvgIpc) is 2.48. The predicted molar refractivity (Wildman–Crippen MR) is 81.6 cm³/mol. The van der Waals surface area contributed by atoms with Crippen molar-refractivity contribution in [1.29, 1.82) is 0 Å². The molecule has 0 spiro atoms. The molecular weight excluding hydrogens is 250 g/mol. The molecule has 1 aliphatic carbocycles. The number of carbonyl (C=O) groups is 1. The maximum atomic E-state index is 12.0. The number of benzene rings is 1. The van der Waals surface area contributed by atoms with E-state index in [1.165, 1.54) is 19.3 Å². The number of hydrogen-bond acceptors (Lipinski definition) is 2.